The highest BCUT2D eigenvalue weighted by Gasteiger charge is 2.17. The van der Waals surface area contributed by atoms with Crippen molar-refractivity contribution >= 4 is 16.8 Å². The van der Waals surface area contributed by atoms with Crippen molar-refractivity contribution < 1.29 is 18.5 Å². The Morgan fingerprint density at radius 2 is 2.24 bits per heavy atom. The molecule has 2 N–H and O–H groups in total. The van der Waals surface area contributed by atoms with E-state index in [2.05, 4.69) is 5.32 Å². The molecule has 1 fully saturated rings. The second-order valence-electron chi connectivity index (χ2n) is 4.11. The fourth-order valence-corrected chi connectivity index (χ4v) is 3.13. The summed E-state index contributed by atoms with van der Waals surface area (Å²) in [5.74, 6) is 1.13. The predicted octanol–water partition coefficient (Wildman–Crippen LogP) is 0.978. The van der Waals surface area contributed by atoms with Crippen LogP contribution in [0.3, 0.4) is 0 Å². The lowest BCUT2D eigenvalue weighted by atomic mass is 10.1. The number of carbonyl (C=O) groups is 1. The Bertz CT molecular complexity index is 419. The molecule has 2 rings (SSSR count). The number of furan rings is 1. The number of rotatable bonds is 4. The molecule has 1 saturated heterocycles. The third-order valence-electron chi connectivity index (χ3n) is 2.85. The highest BCUT2D eigenvalue weighted by Crippen LogP contribution is 2.12. The minimum Gasteiger partial charge on any atom is -0.478 e. The molecule has 17 heavy (non-hydrogen) atoms. The lowest BCUT2D eigenvalue weighted by Gasteiger charge is -2.21. The number of hydrogen-bond donors (Lipinski definition) is 2. The molecule has 0 aromatic carbocycles. The highest BCUT2D eigenvalue weighted by molar-refractivity contribution is 7.85. The Hall–Kier alpha value is -1.14. The van der Waals surface area contributed by atoms with E-state index in [1.165, 1.54) is 12.3 Å². The van der Waals surface area contributed by atoms with Gasteiger partial charge in [-0.25, -0.2) is 4.79 Å². The zero-order valence-electron chi connectivity index (χ0n) is 9.35. The maximum absolute atomic E-state index is 11.2. The molecule has 0 atom stereocenters. The standard InChI is InChI=1S/C11H15NO4S/c13-11(14)8-5-10(16-7-8)6-12-9-1-3-17(15)4-2-9/h5,7,9,12H,1-4,6H2,(H,13,14). The smallest absolute Gasteiger partial charge is 0.338 e. The normalized spacial score (nSPS) is 24.7. The summed E-state index contributed by atoms with van der Waals surface area (Å²) in [6.07, 6.45) is 3.05. The lowest BCUT2D eigenvalue weighted by Crippen LogP contribution is -2.35. The predicted molar refractivity (Wildman–Crippen MR) is 63.4 cm³/mol. The van der Waals surface area contributed by atoms with Crippen LogP contribution >= 0.6 is 0 Å². The zero-order chi connectivity index (χ0) is 12.3. The topological polar surface area (TPSA) is 79.5 Å². The molecule has 0 radical (unpaired) electrons. The summed E-state index contributed by atoms with van der Waals surface area (Å²) in [4.78, 5) is 10.6. The van der Waals surface area contributed by atoms with E-state index < -0.39 is 16.8 Å². The molecule has 1 aromatic heterocycles. The van der Waals surface area contributed by atoms with Crippen LogP contribution in [0, 0.1) is 0 Å². The van der Waals surface area contributed by atoms with Gasteiger partial charge in [0.15, 0.2) is 0 Å². The van der Waals surface area contributed by atoms with E-state index in [0.717, 1.165) is 24.3 Å². The summed E-state index contributed by atoms with van der Waals surface area (Å²) in [5.41, 5.74) is 0.173. The number of carboxylic acid groups (broad SMARTS) is 1. The first kappa shape index (κ1) is 12.3. The third kappa shape index (κ3) is 3.41. The van der Waals surface area contributed by atoms with Gasteiger partial charge in [-0.05, 0) is 18.9 Å². The van der Waals surface area contributed by atoms with Crippen LogP contribution in [-0.2, 0) is 17.3 Å². The molecule has 0 saturated carbocycles. The Morgan fingerprint density at radius 3 is 2.82 bits per heavy atom. The Morgan fingerprint density at radius 1 is 1.53 bits per heavy atom. The molecule has 0 aliphatic carbocycles. The van der Waals surface area contributed by atoms with Crippen molar-refractivity contribution in [3.63, 3.8) is 0 Å². The van der Waals surface area contributed by atoms with Crippen molar-refractivity contribution in [2.45, 2.75) is 25.4 Å². The van der Waals surface area contributed by atoms with Crippen molar-refractivity contribution in [1.29, 1.82) is 0 Å². The van der Waals surface area contributed by atoms with Gasteiger partial charge in [-0.1, -0.05) is 0 Å². The number of carboxylic acids is 1. The van der Waals surface area contributed by atoms with Crippen LogP contribution in [0.25, 0.3) is 0 Å². The summed E-state index contributed by atoms with van der Waals surface area (Å²) in [5, 5.41) is 12.0. The Balaban J connectivity index is 1.81. The van der Waals surface area contributed by atoms with E-state index in [1.54, 1.807) is 0 Å². The lowest BCUT2D eigenvalue weighted by molar-refractivity contribution is 0.0696. The van der Waals surface area contributed by atoms with Gasteiger partial charge in [-0.15, -0.1) is 0 Å². The average molecular weight is 257 g/mol. The van der Waals surface area contributed by atoms with Crippen LogP contribution in [0.5, 0.6) is 0 Å². The second kappa shape index (κ2) is 5.46. The number of hydrogen-bond acceptors (Lipinski definition) is 4. The van der Waals surface area contributed by atoms with Crippen molar-refractivity contribution in [3.05, 3.63) is 23.7 Å². The van der Waals surface area contributed by atoms with Crippen molar-refractivity contribution in [2.75, 3.05) is 11.5 Å². The molecule has 94 valence electrons. The number of nitrogens with one attached hydrogen (secondary N) is 1. The molecule has 1 aliphatic rings. The molecule has 1 aliphatic heterocycles. The molecular formula is C11H15NO4S. The highest BCUT2D eigenvalue weighted by atomic mass is 32.2. The fourth-order valence-electron chi connectivity index (χ4n) is 1.83. The first-order chi connectivity index (χ1) is 8.15. The van der Waals surface area contributed by atoms with Gasteiger partial charge >= 0.3 is 5.97 Å². The molecule has 2 heterocycles. The van der Waals surface area contributed by atoms with Gasteiger partial charge in [-0.3, -0.25) is 4.21 Å². The maximum atomic E-state index is 11.2. The number of aromatic carboxylic acids is 1. The van der Waals surface area contributed by atoms with Crippen LogP contribution in [-0.4, -0.2) is 32.8 Å². The van der Waals surface area contributed by atoms with Gasteiger partial charge < -0.3 is 14.8 Å². The van der Waals surface area contributed by atoms with Crippen LogP contribution in [0.4, 0.5) is 0 Å². The van der Waals surface area contributed by atoms with Crippen molar-refractivity contribution in [1.82, 2.24) is 5.32 Å². The molecule has 0 amide bonds. The van der Waals surface area contributed by atoms with Gasteiger partial charge in [0.25, 0.3) is 0 Å². The van der Waals surface area contributed by atoms with Crippen LogP contribution < -0.4 is 5.32 Å². The monoisotopic (exact) mass is 257 g/mol. The summed E-state index contributed by atoms with van der Waals surface area (Å²) in [6, 6.07) is 1.88. The van der Waals surface area contributed by atoms with Gasteiger partial charge in [0.1, 0.15) is 12.0 Å². The van der Waals surface area contributed by atoms with Gasteiger partial charge in [0.2, 0.25) is 0 Å². The fraction of sp³-hybridized carbons (Fsp3) is 0.545. The van der Waals surface area contributed by atoms with E-state index in [0.29, 0.717) is 18.3 Å². The summed E-state index contributed by atoms with van der Waals surface area (Å²) < 4.78 is 16.3. The second-order valence-corrected chi connectivity index (χ2v) is 5.81. The summed E-state index contributed by atoms with van der Waals surface area (Å²) in [6.45, 7) is 0.518. The largest absolute Gasteiger partial charge is 0.478 e. The quantitative estimate of drug-likeness (QED) is 0.840. The van der Waals surface area contributed by atoms with Crippen LogP contribution in [0.2, 0.25) is 0 Å². The maximum Gasteiger partial charge on any atom is 0.338 e. The van der Waals surface area contributed by atoms with Gasteiger partial charge in [0, 0.05) is 28.3 Å². The van der Waals surface area contributed by atoms with Gasteiger partial charge in [0.05, 0.1) is 12.1 Å². The molecule has 0 bridgehead atoms. The SMILES string of the molecule is O=C(O)c1coc(CNC2CCS(=O)CC2)c1. The van der Waals surface area contributed by atoms with E-state index >= 15 is 0 Å². The molecule has 0 spiro atoms. The van der Waals surface area contributed by atoms with E-state index in [1.807, 2.05) is 0 Å². The first-order valence-electron chi connectivity index (χ1n) is 5.54. The van der Waals surface area contributed by atoms with E-state index in [9.17, 15) is 9.00 Å². The van der Waals surface area contributed by atoms with Crippen LogP contribution in [0.1, 0.15) is 29.0 Å². The molecular weight excluding hydrogens is 242 g/mol. The van der Waals surface area contributed by atoms with Crippen molar-refractivity contribution in [2.24, 2.45) is 0 Å². The first-order valence-corrected chi connectivity index (χ1v) is 7.03. The summed E-state index contributed by atoms with van der Waals surface area (Å²) >= 11 is 0. The van der Waals surface area contributed by atoms with E-state index in [4.69, 9.17) is 9.52 Å². The minimum absolute atomic E-state index is 0.173. The van der Waals surface area contributed by atoms with Crippen LogP contribution in [0.15, 0.2) is 16.7 Å². The molecule has 1 aromatic rings. The minimum atomic E-state index is -0.979. The Kier molecular flexibility index (Phi) is 3.96. The zero-order valence-corrected chi connectivity index (χ0v) is 10.2. The molecule has 6 heteroatoms. The third-order valence-corrected chi connectivity index (χ3v) is 4.24. The summed E-state index contributed by atoms with van der Waals surface area (Å²) in [7, 11) is -0.652. The Labute approximate surface area is 102 Å². The van der Waals surface area contributed by atoms with Crippen molar-refractivity contribution in [3.8, 4) is 0 Å². The van der Waals surface area contributed by atoms with E-state index in [-0.39, 0.29) is 5.56 Å². The molecule has 0 unspecified atom stereocenters. The van der Waals surface area contributed by atoms with Gasteiger partial charge in [-0.2, -0.15) is 0 Å². The molecule has 5 nitrogen and oxygen atoms in total. The average Bonchev–Trinajstić information content (AvgIpc) is 2.77.